The van der Waals surface area contributed by atoms with Crippen molar-refractivity contribution in [3.05, 3.63) is 59.1 Å². The van der Waals surface area contributed by atoms with E-state index < -0.39 is 5.97 Å². The number of rotatable bonds is 8. The number of carboxylic acids is 1. The van der Waals surface area contributed by atoms with Crippen molar-refractivity contribution in [2.75, 3.05) is 13.1 Å². The van der Waals surface area contributed by atoms with Gasteiger partial charge in [0.25, 0.3) is 11.8 Å². The molecule has 1 aliphatic carbocycles. The maximum atomic E-state index is 12.3. The fourth-order valence-electron chi connectivity index (χ4n) is 3.80. The Morgan fingerprint density at radius 3 is 2.27 bits per heavy atom. The molecule has 9 heteroatoms. The van der Waals surface area contributed by atoms with E-state index in [0.29, 0.717) is 55.1 Å². The molecule has 0 aliphatic heterocycles. The van der Waals surface area contributed by atoms with Gasteiger partial charge < -0.3 is 20.5 Å². The molecule has 2 amide bonds. The van der Waals surface area contributed by atoms with Gasteiger partial charge in [0.2, 0.25) is 0 Å². The first-order valence-corrected chi connectivity index (χ1v) is 11.7. The Kier molecular flexibility index (Phi) is 7.19. The molecular formula is C24H25N3O5S. The van der Waals surface area contributed by atoms with E-state index >= 15 is 0 Å². The van der Waals surface area contributed by atoms with Gasteiger partial charge in [-0.3, -0.25) is 14.4 Å². The van der Waals surface area contributed by atoms with E-state index in [1.165, 1.54) is 11.3 Å². The third kappa shape index (κ3) is 5.87. The maximum absolute atomic E-state index is 12.3. The largest absolute Gasteiger partial charge is 0.490 e. The van der Waals surface area contributed by atoms with Crippen LogP contribution in [0.1, 0.15) is 45.8 Å². The molecule has 0 radical (unpaired) electrons. The smallest absolute Gasteiger partial charge is 0.306 e. The number of ether oxygens (including phenoxy) is 1. The number of carboxylic acid groups (broad SMARTS) is 1. The highest BCUT2D eigenvalue weighted by Gasteiger charge is 2.26. The average Bonchev–Trinajstić information content (AvgIpc) is 3.27. The number of carbonyl (C=O) groups is 3. The van der Waals surface area contributed by atoms with E-state index in [-0.39, 0.29) is 23.8 Å². The van der Waals surface area contributed by atoms with Crippen molar-refractivity contribution in [2.24, 2.45) is 5.92 Å². The van der Waals surface area contributed by atoms with E-state index in [9.17, 15) is 14.4 Å². The Morgan fingerprint density at radius 2 is 1.61 bits per heavy atom. The Morgan fingerprint density at radius 1 is 0.939 bits per heavy atom. The van der Waals surface area contributed by atoms with E-state index in [1.807, 2.05) is 24.3 Å². The van der Waals surface area contributed by atoms with Gasteiger partial charge in [-0.2, -0.15) is 0 Å². The van der Waals surface area contributed by atoms with Crippen LogP contribution in [0.3, 0.4) is 0 Å². The number of aromatic nitrogens is 1. The predicted molar refractivity (Wildman–Crippen MR) is 125 cm³/mol. The molecule has 0 atom stereocenters. The van der Waals surface area contributed by atoms with Crippen LogP contribution in [0.2, 0.25) is 0 Å². The topological polar surface area (TPSA) is 118 Å². The van der Waals surface area contributed by atoms with Crippen LogP contribution >= 0.6 is 11.3 Å². The van der Waals surface area contributed by atoms with Crippen LogP contribution in [0.25, 0.3) is 10.2 Å². The SMILES string of the molecule is O=C(NCCNC(=O)c1nc2ccccc2s1)c1ccc(OC2CCC(C(=O)O)CC2)cc1. The molecule has 3 N–H and O–H groups in total. The third-order valence-electron chi connectivity index (χ3n) is 5.63. The van der Waals surface area contributed by atoms with Crippen molar-refractivity contribution in [2.45, 2.75) is 31.8 Å². The molecule has 8 nitrogen and oxygen atoms in total. The van der Waals surface area contributed by atoms with Gasteiger partial charge in [-0.1, -0.05) is 12.1 Å². The van der Waals surface area contributed by atoms with Gasteiger partial charge >= 0.3 is 5.97 Å². The number of carbonyl (C=O) groups excluding carboxylic acids is 2. The van der Waals surface area contributed by atoms with Crippen molar-refractivity contribution in [3.63, 3.8) is 0 Å². The summed E-state index contributed by atoms with van der Waals surface area (Å²) < 4.78 is 6.88. The molecule has 4 rings (SSSR count). The number of nitrogens with zero attached hydrogens (tertiary/aromatic N) is 1. The number of aliphatic carboxylic acids is 1. The van der Waals surface area contributed by atoms with Crippen LogP contribution in [0.4, 0.5) is 0 Å². The maximum Gasteiger partial charge on any atom is 0.306 e. The molecule has 1 aliphatic rings. The summed E-state index contributed by atoms with van der Waals surface area (Å²) in [6.45, 7) is 0.585. The Labute approximate surface area is 195 Å². The summed E-state index contributed by atoms with van der Waals surface area (Å²) in [7, 11) is 0. The molecule has 3 aromatic rings. The first-order chi connectivity index (χ1) is 16.0. The Bertz CT molecular complexity index is 1100. The lowest BCUT2D eigenvalue weighted by Gasteiger charge is -2.26. The lowest BCUT2D eigenvalue weighted by molar-refractivity contribution is -0.143. The second kappa shape index (κ2) is 10.4. The van der Waals surface area contributed by atoms with Crippen molar-refractivity contribution in [1.29, 1.82) is 0 Å². The number of fused-ring (bicyclic) bond motifs is 1. The minimum absolute atomic E-state index is 0.000634. The molecule has 2 aromatic carbocycles. The normalized spacial score (nSPS) is 17.9. The minimum Gasteiger partial charge on any atom is -0.490 e. The molecule has 0 bridgehead atoms. The molecule has 1 fully saturated rings. The van der Waals surface area contributed by atoms with Crippen LogP contribution in [0, 0.1) is 5.92 Å². The lowest BCUT2D eigenvalue weighted by Crippen LogP contribution is -2.34. The van der Waals surface area contributed by atoms with Crippen molar-refractivity contribution >= 4 is 39.3 Å². The van der Waals surface area contributed by atoms with Gasteiger partial charge in [-0.15, -0.1) is 11.3 Å². The third-order valence-corrected chi connectivity index (χ3v) is 6.66. The summed E-state index contributed by atoms with van der Waals surface area (Å²) in [4.78, 5) is 40.0. The van der Waals surface area contributed by atoms with Crippen LogP contribution in [0.15, 0.2) is 48.5 Å². The van der Waals surface area contributed by atoms with Gasteiger partial charge in [0, 0.05) is 18.7 Å². The van der Waals surface area contributed by atoms with Crippen LogP contribution < -0.4 is 15.4 Å². The van der Waals surface area contributed by atoms with E-state index in [1.54, 1.807) is 24.3 Å². The minimum atomic E-state index is -0.736. The van der Waals surface area contributed by atoms with Gasteiger partial charge in [-0.05, 0) is 62.1 Å². The van der Waals surface area contributed by atoms with Crippen molar-refractivity contribution < 1.29 is 24.2 Å². The van der Waals surface area contributed by atoms with Gasteiger partial charge in [-0.25, -0.2) is 4.98 Å². The summed E-state index contributed by atoms with van der Waals surface area (Å²) in [6, 6.07) is 14.4. The highest BCUT2D eigenvalue weighted by atomic mass is 32.1. The fraction of sp³-hybridized carbons (Fsp3) is 0.333. The lowest BCUT2D eigenvalue weighted by atomic mass is 9.87. The summed E-state index contributed by atoms with van der Waals surface area (Å²) in [5.74, 6) is -0.849. The monoisotopic (exact) mass is 467 g/mol. The second-order valence-corrected chi connectivity index (χ2v) is 8.98. The fourth-order valence-corrected chi connectivity index (χ4v) is 4.69. The number of hydrogen-bond acceptors (Lipinski definition) is 6. The first-order valence-electron chi connectivity index (χ1n) is 10.9. The molecule has 1 aromatic heterocycles. The molecular weight excluding hydrogens is 442 g/mol. The zero-order valence-electron chi connectivity index (χ0n) is 18.0. The number of thiazole rings is 1. The number of hydrogen-bond donors (Lipinski definition) is 3. The standard InChI is InChI=1S/C24H25N3O5S/c28-21(25-13-14-26-22(29)23-27-19-3-1-2-4-20(19)33-23)15-5-9-17(10-6-15)32-18-11-7-16(8-12-18)24(30)31/h1-6,9-10,16,18H,7-8,11-14H2,(H,25,28)(H,26,29)(H,30,31). The molecule has 1 saturated carbocycles. The van der Waals surface area contributed by atoms with Crippen molar-refractivity contribution in [1.82, 2.24) is 15.6 Å². The van der Waals surface area contributed by atoms with E-state index in [2.05, 4.69) is 15.6 Å². The zero-order valence-corrected chi connectivity index (χ0v) is 18.8. The second-order valence-electron chi connectivity index (χ2n) is 7.95. The molecule has 0 saturated heterocycles. The molecule has 33 heavy (non-hydrogen) atoms. The van der Waals surface area contributed by atoms with Gasteiger partial charge in [0.15, 0.2) is 5.01 Å². The molecule has 1 heterocycles. The Hall–Kier alpha value is -3.46. The van der Waals surface area contributed by atoms with Gasteiger partial charge in [0.1, 0.15) is 5.75 Å². The van der Waals surface area contributed by atoms with E-state index in [4.69, 9.17) is 9.84 Å². The van der Waals surface area contributed by atoms with E-state index in [0.717, 1.165) is 10.2 Å². The van der Waals surface area contributed by atoms with Crippen LogP contribution in [-0.2, 0) is 4.79 Å². The van der Waals surface area contributed by atoms with Crippen LogP contribution in [-0.4, -0.2) is 47.1 Å². The molecule has 172 valence electrons. The van der Waals surface area contributed by atoms with Gasteiger partial charge in [0.05, 0.1) is 22.2 Å². The zero-order chi connectivity index (χ0) is 23.2. The summed E-state index contributed by atoms with van der Waals surface area (Å²) in [5, 5.41) is 15.0. The average molecular weight is 468 g/mol. The summed E-state index contributed by atoms with van der Waals surface area (Å²) >= 11 is 1.33. The summed E-state index contributed by atoms with van der Waals surface area (Å²) in [6.07, 6.45) is 2.66. The molecule has 0 unspecified atom stereocenters. The number of nitrogens with one attached hydrogen (secondary N) is 2. The highest BCUT2D eigenvalue weighted by Crippen LogP contribution is 2.28. The molecule has 0 spiro atoms. The number of amides is 2. The van der Waals surface area contributed by atoms with Crippen molar-refractivity contribution in [3.8, 4) is 5.75 Å². The number of para-hydroxylation sites is 1. The quantitative estimate of drug-likeness (QED) is 0.437. The number of benzene rings is 2. The van der Waals surface area contributed by atoms with Crippen LogP contribution in [0.5, 0.6) is 5.75 Å². The Balaban J connectivity index is 1.19. The predicted octanol–water partition coefficient (Wildman–Crippen LogP) is 3.48. The first kappa shape index (κ1) is 22.7. The highest BCUT2D eigenvalue weighted by molar-refractivity contribution is 7.20. The summed E-state index contributed by atoms with van der Waals surface area (Å²) in [5.41, 5.74) is 1.29.